The number of hydrogen-bond acceptors (Lipinski definition) is 4. The first-order valence-corrected chi connectivity index (χ1v) is 6.89. The molecule has 0 unspecified atom stereocenters. The molecule has 110 valence electrons. The van der Waals surface area contributed by atoms with E-state index in [-0.39, 0.29) is 34.7 Å². The predicted octanol–water partition coefficient (Wildman–Crippen LogP) is 1.68. The molecule has 0 radical (unpaired) electrons. The lowest BCUT2D eigenvalue weighted by molar-refractivity contribution is -0.121. The Bertz CT molecular complexity index is 494. The predicted molar refractivity (Wildman–Crippen MR) is 76.8 cm³/mol. The van der Waals surface area contributed by atoms with Crippen LogP contribution in [0.3, 0.4) is 0 Å². The van der Waals surface area contributed by atoms with Crippen LogP contribution in [0.1, 0.15) is 30.6 Å². The molecule has 0 aliphatic heterocycles. The maximum absolute atomic E-state index is 11.8. The van der Waals surface area contributed by atoms with Crippen LogP contribution in [0.25, 0.3) is 0 Å². The topological polar surface area (TPSA) is 84.0 Å². The van der Waals surface area contributed by atoms with E-state index in [1.54, 1.807) is 0 Å². The van der Waals surface area contributed by atoms with Crippen LogP contribution in [-0.2, 0) is 4.79 Å². The van der Waals surface area contributed by atoms with Crippen LogP contribution in [0.15, 0.2) is 6.07 Å². The van der Waals surface area contributed by atoms with Gasteiger partial charge in [-0.25, -0.2) is 0 Å². The summed E-state index contributed by atoms with van der Waals surface area (Å²) in [6, 6.07) is 1.32. The third-order valence-corrected chi connectivity index (χ3v) is 2.77. The lowest BCUT2D eigenvalue weighted by Gasteiger charge is -2.08. The minimum atomic E-state index is -0.441. The van der Waals surface area contributed by atoms with Crippen molar-refractivity contribution in [1.82, 2.24) is 20.8 Å². The van der Waals surface area contributed by atoms with Crippen molar-refractivity contribution in [3.63, 3.8) is 0 Å². The van der Waals surface area contributed by atoms with Crippen molar-refractivity contribution < 1.29 is 9.59 Å². The van der Waals surface area contributed by atoms with Crippen molar-refractivity contribution in [2.45, 2.75) is 20.3 Å². The molecule has 8 heteroatoms. The van der Waals surface area contributed by atoms with E-state index in [4.69, 9.17) is 23.2 Å². The molecule has 0 aliphatic rings. The molecule has 2 N–H and O–H groups in total. The van der Waals surface area contributed by atoms with E-state index in [1.165, 1.54) is 6.07 Å². The van der Waals surface area contributed by atoms with E-state index in [0.29, 0.717) is 12.5 Å². The highest BCUT2D eigenvalue weighted by molar-refractivity contribution is 6.34. The largest absolute Gasteiger partial charge is 0.356 e. The smallest absolute Gasteiger partial charge is 0.254 e. The minimum absolute atomic E-state index is 0.0313. The standard InChI is InChI=1S/C12H16Cl2N4O2/c1-7(2)6-16-10(19)3-4-15-12(20)8-5-9(13)17-18-11(8)14/h5,7H,3-4,6H2,1-2H3,(H,15,20)(H,16,19). The van der Waals surface area contributed by atoms with Gasteiger partial charge in [-0.15, -0.1) is 10.2 Å². The number of nitrogens with zero attached hydrogens (tertiary/aromatic N) is 2. The first kappa shape index (κ1) is 16.7. The number of hydrogen-bond donors (Lipinski definition) is 2. The molecule has 0 fully saturated rings. The second-order valence-electron chi connectivity index (χ2n) is 4.58. The minimum Gasteiger partial charge on any atom is -0.356 e. The van der Waals surface area contributed by atoms with E-state index in [2.05, 4.69) is 20.8 Å². The number of halogens is 2. The van der Waals surface area contributed by atoms with Crippen molar-refractivity contribution in [3.8, 4) is 0 Å². The van der Waals surface area contributed by atoms with Gasteiger partial charge in [0, 0.05) is 19.5 Å². The molecule has 0 saturated carbocycles. The first-order valence-electron chi connectivity index (χ1n) is 6.13. The lowest BCUT2D eigenvalue weighted by Crippen LogP contribution is -2.32. The van der Waals surface area contributed by atoms with Crippen molar-refractivity contribution in [2.75, 3.05) is 13.1 Å². The highest BCUT2D eigenvalue weighted by Gasteiger charge is 2.13. The van der Waals surface area contributed by atoms with Crippen LogP contribution in [0.4, 0.5) is 0 Å². The summed E-state index contributed by atoms with van der Waals surface area (Å²) < 4.78 is 0. The third kappa shape index (κ3) is 5.71. The Morgan fingerprint density at radius 1 is 1.25 bits per heavy atom. The SMILES string of the molecule is CC(C)CNC(=O)CCNC(=O)c1cc(Cl)nnc1Cl. The van der Waals surface area contributed by atoms with Crippen LogP contribution in [0, 0.1) is 5.92 Å². The lowest BCUT2D eigenvalue weighted by atomic mass is 10.2. The first-order chi connectivity index (χ1) is 9.40. The van der Waals surface area contributed by atoms with E-state index >= 15 is 0 Å². The van der Waals surface area contributed by atoms with Crippen molar-refractivity contribution in [2.24, 2.45) is 5.92 Å². The van der Waals surface area contributed by atoms with E-state index in [1.807, 2.05) is 13.8 Å². The zero-order chi connectivity index (χ0) is 15.1. The Morgan fingerprint density at radius 2 is 1.95 bits per heavy atom. The summed E-state index contributed by atoms with van der Waals surface area (Å²) >= 11 is 11.4. The van der Waals surface area contributed by atoms with E-state index < -0.39 is 5.91 Å². The van der Waals surface area contributed by atoms with Crippen LogP contribution < -0.4 is 10.6 Å². The quantitative estimate of drug-likeness (QED) is 0.835. The Kier molecular flexibility index (Phi) is 6.67. The van der Waals surface area contributed by atoms with Crippen LogP contribution in [-0.4, -0.2) is 35.1 Å². The fraction of sp³-hybridized carbons (Fsp3) is 0.500. The fourth-order valence-electron chi connectivity index (χ4n) is 1.30. The molecule has 0 spiro atoms. The summed E-state index contributed by atoms with van der Waals surface area (Å²) in [5.74, 6) is -0.170. The van der Waals surface area contributed by atoms with Crippen LogP contribution >= 0.6 is 23.2 Å². The molecular weight excluding hydrogens is 303 g/mol. The number of aromatic nitrogens is 2. The summed E-state index contributed by atoms with van der Waals surface area (Å²) in [4.78, 5) is 23.3. The molecule has 0 bridgehead atoms. The van der Waals surface area contributed by atoms with Gasteiger partial charge in [-0.2, -0.15) is 0 Å². The molecule has 20 heavy (non-hydrogen) atoms. The Balaban J connectivity index is 2.40. The van der Waals surface area contributed by atoms with Gasteiger partial charge < -0.3 is 10.6 Å². The molecule has 1 rings (SSSR count). The van der Waals surface area contributed by atoms with Gasteiger partial charge >= 0.3 is 0 Å². The highest BCUT2D eigenvalue weighted by Crippen LogP contribution is 2.14. The van der Waals surface area contributed by atoms with E-state index in [0.717, 1.165) is 0 Å². The van der Waals surface area contributed by atoms with Gasteiger partial charge in [0.15, 0.2) is 10.3 Å². The maximum Gasteiger partial charge on any atom is 0.254 e. The van der Waals surface area contributed by atoms with Crippen molar-refractivity contribution in [3.05, 3.63) is 21.9 Å². The van der Waals surface area contributed by atoms with Crippen LogP contribution in [0.2, 0.25) is 10.3 Å². The van der Waals surface area contributed by atoms with Gasteiger partial charge in [0.2, 0.25) is 5.91 Å². The monoisotopic (exact) mass is 318 g/mol. The molecule has 0 aliphatic carbocycles. The van der Waals surface area contributed by atoms with Gasteiger partial charge in [0.25, 0.3) is 5.91 Å². The second kappa shape index (κ2) is 8.01. The molecule has 0 aromatic carbocycles. The number of nitrogens with one attached hydrogen (secondary N) is 2. The molecule has 1 aromatic heterocycles. The summed E-state index contributed by atoms with van der Waals surface area (Å²) in [6.07, 6.45) is 0.197. The van der Waals surface area contributed by atoms with E-state index in [9.17, 15) is 9.59 Å². The number of carbonyl (C=O) groups excluding carboxylic acids is 2. The average Bonchev–Trinajstić information content (AvgIpc) is 2.39. The number of carbonyl (C=O) groups is 2. The van der Waals surface area contributed by atoms with Gasteiger partial charge in [-0.3, -0.25) is 9.59 Å². The molecule has 2 amide bonds. The molecule has 1 heterocycles. The summed E-state index contributed by atoms with van der Waals surface area (Å²) in [6.45, 7) is 4.83. The number of amides is 2. The van der Waals surface area contributed by atoms with Gasteiger partial charge in [0.1, 0.15) is 0 Å². The zero-order valence-electron chi connectivity index (χ0n) is 11.2. The van der Waals surface area contributed by atoms with Gasteiger partial charge in [0.05, 0.1) is 5.56 Å². The summed E-state index contributed by atoms with van der Waals surface area (Å²) in [5.41, 5.74) is 0.134. The summed E-state index contributed by atoms with van der Waals surface area (Å²) in [5, 5.41) is 12.4. The van der Waals surface area contributed by atoms with Crippen molar-refractivity contribution in [1.29, 1.82) is 0 Å². The van der Waals surface area contributed by atoms with Crippen LogP contribution in [0.5, 0.6) is 0 Å². The zero-order valence-corrected chi connectivity index (χ0v) is 12.8. The average molecular weight is 319 g/mol. The summed E-state index contributed by atoms with van der Waals surface area (Å²) in [7, 11) is 0. The fourth-order valence-corrected chi connectivity index (χ4v) is 1.63. The number of rotatable bonds is 6. The molecular formula is C12H16Cl2N4O2. The Labute approximate surface area is 127 Å². The second-order valence-corrected chi connectivity index (χ2v) is 5.32. The van der Waals surface area contributed by atoms with Crippen molar-refractivity contribution >= 4 is 35.0 Å². The normalized spacial score (nSPS) is 10.4. The van der Waals surface area contributed by atoms with Gasteiger partial charge in [-0.05, 0) is 12.0 Å². The molecule has 0 atom stereocenters. The molecule has 0 saturated heterocycles. The maximum atomic E-state index is 11.8. The Morgan fingerprint density at radius 3 is 2.60 bits per heavy atom. The highest BCUT2D eigenvalue weighted by atomic mass is 35.5. The third-order valence-electron chi connectivity index (χ3n) is 2.31. The van der Waals surface area contributed by atoms with Gasteiger partial charge in [-0.1, -0.05) is 37.0 Å². The Hall–Kier alpha value is -1.40. The molecule has 6 nitrogen and oxygen atoms in total. The molecule has 1 aromatic rings.